The summed E-state index contributed by atoms with van der Waals surface area (Å²) in [6, 6.07) is 19.8. The number of allylic oxidation sites excluding steroid dienone is 2. The average Bonchev–Trinajstić information content (AvgIpc) is 4.06. The third kappa shape index (κ3) is 2.82. The summed E-state index contributed by atoms with van der Waals surface area (Å²) in [5.74, 6) is 17.8. The number of ether oxygens (including phenoxy) is 2. The molecule has 0 amide bonds. The van der Waals surface area contributed by atoms with Gasteiger partial charge in [0, 0.05) is 11.1 Å². The molecule has 0 heterocycles. The number of methoxy groups -OCH3 is 2. The summed E-state index contributed by atoms with van der Waals surface area (Å²) in [6.07, 6.45) is 9.33. The van der Waals surface area contributed by atoms with Crippen molar-refractivity contribution in [3.63, 3.8) is 0 Å². The first-order chi connectivity index (χ1) is 26.1. The molecule has 4 nitrogen and oxygen atoms in total. The Hall–Kier alpha value is -3.76. The minimum Gasteiger partial charge on any atom is -0.496 e. The summed E-state index contributed by atoms with van der Waals surface area (Å²) in [5.41, 5.74) is 11.7. The van der Waals surface area contributed by atoms with Gasteiger partial charge in [0.05, 0.1) is 14.2 Å². The van der Waals surface area contributed by atoms with E-state index in [2.05, 4.69) is 48.5 Å². The zero-order chi connectivity index (χ0) is 34.5. The lowest BCUT2D eigenvalue weighted by Crippen LogP contribution is -2.68. The molecule has 0 aliphatic heterocycles. The summed E-state index contributed by atoms with van der Waals surface area (Å²) in [5, 5.41) is 22.8. The Bertz CT molecular complexity index is 2250. The highest BCUT2D eigenvalue weighted by molar-refractivity contribution is 5.87. The molecule has 0 spiro atoms. The van der Waals surface area contributed by atoms with Gasteiger partial charge in [0.15, 0.2) is 0 Å². The third-order valence-corrected chi connectivity index (χ3v) is 20.4. The summed E-state index contributed by atoms with van der Waals surface area (Å²) in [7, 11) is 3.70. The lowest BCUT2D eigenvalue weighted by Gasteiger charge is -2.72. The van der Waals surface area contributed by atoms with E-state index in [-0.39, 0.29) is 0 Å². The van der Waals surface area contributed by atoms with E-state index < -0.39 is 0 Å². The van der Waals surface area contributed by atoms with E-state index in [1.807, 2.05) is 14.2 Å². The van der Waals surface area contributed by atoms with Gasteiger partial charge in [-0.05, 0) is 214 Å². The van der Waals surface area contributed by atoms with E-state index in [0.29, 0.717) is 41.1 Å². The summed E-state index contributed by atoms with van der Waals surface area (Å²) in [4.78, 5) is 0. The van der Waals surface area contributed by atoms with Crippen LogP contribution in [0.25, 0.3) is 10.8 Å². The van der Waals surface area contributed by atoms with E-state index in [1.54, 1.807) is 22.3 Å². The largest absolute Gasteiger partial charge is 0.496 e. The van der Waals surface area contributed by atoms with Crippen molar-refractivity contribution in [1.29, 1.82) is 10.5 Å². The molecule has 3 aromatic carbocycles. The van der Waals surface area contributed by atoms with Gasteiger partial charge < -0.3 is 9.47 Å². The molecule has 9 saturated carbocycles. The minimum atomic E-state index is 0.495. The minimum absolute atomic E-state index is 0.495. The van der Waals surface area contributed by atoms with Crippen LogP contribution in [-0.4, -0.2) is 14.2 Å². The first kappa shape index (κ1) is 28.7. The molecule has 0 unspecified atom stereocenters. The fourth-order valence-corrected chi connectivity index (χ4v) is 19.9. The summed E-state index contributed by atoms with van der Waals surface area (Å²) >= 11 is 0. The van der Waals surface area contributed by atoms with Gasteiger partial charge in [0.25, 0.3) is 0 Å². The molecular formula is C49H46N2O2. The molecular weight excluding hydrogens is 649 g/mol. The van der Waals surface area contributed by atoms with Gasteiger partial charge in [-0.15, -0.1) is 0 Å². The number of fused-ring (bicyclic) bond motifs is 32. The first-order valence-electron chi connectivity index (χ1n) is 21.5. The molecule has 0 aromatic heterocycles. The van der Waals surface area contributed by atoms with Crippen LogP contribution in [0.5, 0.6) is 11.5 Å². The number of hydrogen-bond donors (Lipinski definition) is 0. The smallest absolute Gasteiger partial charge is 0.129 e. The molecule has 10 bridgehead atoms. The van der Waals surface area contributed by atoms with Crippen LogP contribution in [0.3, 0.4) is 0 Å². The van der Waals surface area contributed by atoms with Gasteiger partial charge >= 0.3 is 0 Å². The zero-order valence-electron chi connectivity index (χ0n) is 30.7. The van der Waals surface area contributed by atoms with Crippen LogP contribution in [0.15, 0.2) is 47.5 Å². The van der Waals surface area contributed by atoms with Gasteiger partial charge in [-0.25, -0.2) is 0 Å². The normalized spacial score (nSPS) is 49.8. The molecule has 20 atom stereocenters. The Morgan fingerprint density at radius 3 is 1.38 bits per heavy atom. The quantitative estimate of drug-likeness (QED) is 0.152. The lowest BCUT2D eigenvalue weighted by atomic mass is 9.32. The maximum atomic E-state index is 9.88. The van der Waals surface area contributed by atoms with Gasteiger partial charge in [0.2, 0.25) is 0 Å². The highest BCUT2D eigenvalue weighted by Crippen LogP contribution is 2.87. The summed E-state index contributed by atoms with van der Waals surface area (Å²) in [6.45, 7) is 0. The molecule has 0 saturated heterocycles. The van der Waals surface area contributed by atoms with Crippen LogP contribution in [-0.2, 0) is 0 Å². The van der Waals surface area contributed by atoms with Crippen molar-refractivity contribution in [3.05, 3.63) is 80.9 Å². The van der Waals surface area contributed by atoms with Crippen molar-refractivity contribution in [3.8, 4) is 23.6 Å². The second-order valence-corrected chi connectivity index (χ2v) is 20.5. The molecule has 264 valence electrons. The number of benzene rings is 3. The number of hydrogen-bond acceptors (Lipinski definition) is 4. The molecule has 13 aliphatic carbocycles. The van der Waals surface area contributed by atoms with E-state index in [0.717, 1.165) is 94.3 Å². The Labute approximate surface area is 311 Å². The second kappa shape index (κ2) is 9.02. The maximum Gasteiger partial charge on any atom is 0.129 e. The SMILES string of the molecule is COc1ccc(OC)c2c1[C@H]1C[C@@H]2[C@H]2[C@@H]1[C@H]1CC[C@@H]2c2cc3cc4c(cc3cc21)[C@H]1C[C@@H]4[C@@H]2[C@H]3[C@@H]4[C@@H]5C[C@H]([C@@H]4[C@H]3[C@@H]21)[C@@H]1[C@H]5[C@@H]2CC[C@H]1C2=C(C#N)C#N. The predicted molar refractivity (Wildman–Crippen MR) is 199 cm³/mol. The molecule has 53 heavy (non-hydrogen) atoms. The Balaban J connectivity index is 0.785. The topological polar surface area (TPSA) is 66.0 Å². The monoisotopic (exact) mass is 694 g/mol. The summed E-state index contributed by atoms with van der Waals surface area (Å²) < 4.78 is 12.0. The van der Waals surface area contributed by atoms with Crippen molar-refractivity contribution in [1.82, 2.24) is 0 Å². The molecule has 16 rings (SSSR count). The van der Waals surface area contributed by atoms with E-state index in [4.69, 9.17) is 9.47 Å². The van der Waals surface area contributed by atoms with Crippen molar-refractivity contribution in [2.75, 3.05) is 14.2 Å². The highest BCUT2D eigenvalue weighted by Gasteiger charge is 2.81. The predicted octanol–water partition coefficient (Wildman–Crippen LogP) is 9.92. The van der Waals surface area contributed by atoms with Gasteiger partial charge in [-0.1, -0.05) is 24.3 Å². The number of nitrogens with zero attached hydrogens (tertiary/aromatic N) is 2. The zero-order valence-corrected chi connectivity index (χ0v) is 30.7. The molecule has 13 aliphatic rings. The van der Waals surface area contributed by atoms with Crippen LogP contribution in [0.4, 0.5) is 0 Å². The van der Waals surface area contributed by atoms with Crippen LogP contribution < -0.4 is 9.47 Å². The van der Waals surface area contributed by atoms with E-state index in [1.165, 1.54) is 72.4 Å². The van der Waals surface area contributed by atoms with Crippen LogP contribution in [0.2, 0.25) is 0 Å². The fraction of sp³-hybridized carbons (Fsp3) is 0.592. The Kier molecular flexibility index (Phi) is 4.88. The molecule has 3 aromatic rings. The first-order valence-corrected chi connectivity index (χ1v) is 21.5. The standard InChI is InChI=1S/C49H46N2O2/c1-52-35-7-8-36(53-2)43-32-14-31(42(35)43)38-21-3-4-22(39(32)38)26-10-19-12-28-27(11-18(19)9-25(21)26)29-13-30(28)45-44(29)48-46-33-15-34(47(46)49(45)48)41-24-6-5-23(40(33)41)37(24)20(16-50)17-51/h7-12,21-24,29-34,38-41,44-49H,3-6,13-15H2,1-2H3/t21-,22+,23-,24+,29+,30-,31-,32+,33-,34+,38+,39-,40+,41-,44+,45-,46-,47+,48+,49-. The van der Waals surface area contributed by atoms with Crippen molar-refractivity contribution in [2.45, 2.75) is 80.5 Å². The average molecular weight is 695 g/mol. The van der Waals surface area contributed by atoms with Crippen LogP contribution in [0.1, 0.15) is 114 Å². The van der Waals surface area contributed by atoms with Crippen molar-refractivity contribution >= 4 is 10.8 Å². The fourth-order valence-electron chi connectivity index (χ4n) is 19.9. The van der Waals surface area contributed by atoms with E-state index >= 15 is 0 Å². The molecule has 0 N–H and O–H groups in total. The maximum absolute atomic E-state index is 9.88. The van der Waals surface area contributed by atoms with Crippen molar-refractivity contribution in [2.24, 2.45) is 82.9 Å². The highest BCUT2D eigenvalue weighted by atomic mass is 16.5. The molecule has 9 fully saturated rings. The van der Waals surface area contributed by atoms with Gasteiger partial charge in [-0.3, -0.25) is 0 Å². The lowest BCUT2D eigenvalue weighted by molar-refractivity contribution is -0.239. The second-order valence-electron chi connectivity index (χ2n) is 20.5. The van der Waals surface area contributed by atoms with Gasteiger partial charge in [0.1, 0.15) is 29.2 Å². The van der Waals surface area contributed by atoms with Gasteiger partial charge in [-0.2, -0.15) is 10.5 Å². The van der Waals surface area contributed by atoms with Crippen LogP contribution >= 0.6 is 0 Å². The molecule has 4 heteroatoms. The third-order valence-electron chi connectivity index (χ3n) is 20.4. The Morgan fingerprint density at radius 2 is 0.925 bits per heavy atom. The van der Waals surface area contributed by atoms with Crippen LogP contribution in [0, 0.1) is 106 Å². The number of rotatable bonds is 2. The molecule has 0 radical (unpaired) electrons. The number of nitriles is 2. The van der Waals surface area contributed by atoms with Crippen molar-refractivity contribution < 1.29 is 9.47 Å². The Morgan fingerprint density at radius 1 is 0.491 bits per heavy atom. The van der Waals surface area contributed by atoms with E-state index in [9.17, 15) is 10.5 Å².